The zero-order valence-corrected chi connectivity index (χ0v) is 12.5. The van der Waals surface area contributed by atoms with Crippen molar-refractivity contribution in [1.82, 2.24) is 5.32 Å². The molecule has 0 radical (unpaired) electrons. The van der Waals surface area contributed by atoms with Gasteiger partial charge >= 0.3 is 5.97 Å². The summed E-state index contributed by atoms with van der Waals surface area (Å²) >= 11 is 5.88. The summed E-state index contributed by atoms with van der Waals surface area (Å²) in [6, 6.07) is 7.60. The van der Waals surface area contributed by atoms with Crippen LogP contribution in [0.3, 0.4) is 0 Å². The Kier molecular flexibility index (Phi) is 6.63. The lowest BCUT2D eigenvalue weighted by atomic mass is 9.86. The number of hydrogen-bond donors (Lipinski definition) is 1. The highest BCUT2D eigenvalue weighted by Crippen LogP contribution is 2.27. The second kappa shape index (κ2) is 7.73. The van der Waals surface area contributed by atoms with E-state index in [1.165, 1.54) is 13.5 Å². The molecule has 1 aromatic rings. The minimum atomic E-state index is -0.243. The molecule has 1 fully saturated rings. The molecule has 0 saturated carbocycles. The summed E-state index contributed by atoms with van der Waals surface area (Å²) in [5, 5.41) is 4.09. The summed E-state index contributed by atoms with van der Waals surface area (Å²) in [4.78, 5) is 12.0. The van der Waals surface area contributed by atoms with Crippen molar-refractivity contribution in [3.05, 3.63) is 34.9 Å². The Balaban J connectivity index is 0.00000180. The van der Waals surface area contributed by atoms with Gasteiger partial charge in [0.25, 0.3) is 0 Å². The van der Waals surface area contributed by atoms with E-state index in [0.29, 0.717) is 5.02 Å². The molecule has 0 unspecified atom stereocenters. The molecular weight excluding hydrogens is 285 g/mol. The van der Waals surface area contributed by atoms with E-state index < -0.39 is 0 Å². The van der Waals surface area contributed by atoms with E-state index in [1.807, 2.05) is 24.3 Å². The van der Waals surface area contributed by atoms with Gasteiger partial charge in [0.15, 0.2) is 0 Å². The third kappa shape index (κ3) is 4.10. The molecule has 1 saturated heterocycles. The molecule has 0 aliphatic carbocycles. The topological polar surface area (TPSA) is 38.3 Å². The monoisotopic (exact) mass is 303 g/mol. The molecule has 5 heteroatoms. The molecule has 3 nitrogen and oxygen atoms in total. The fourth-order valence-electron chi connectivity index (χ4n) is 2.49. The Labute approximate surface area is 125 Å². The molecule has 106 valence electrons. The lowest BCUT2D eigenvalue weighted by Crippen LogP contribution is -2.42. The predicted octanol–water partition coefficient (Wildman–Crippen LogP) is 3.16. The second-order valence-corrected chi connectivity index (χ2v) is 5.05. The van der Waals surface area contributed by atoms with Crippen LogP contribution in [-0.4, -0.2) is 25.7 Å². The predicted molar refractivity (Wildman–Crippen MR) is 79.1 cm³/mol. The van der Waals surface area contributed by atoms with Crippen LogP contribution in [0.4, 0.5) is 0 Å². The Morgan fingerprint density at radius 2 is 2.05 bits per heavy atom. The third-order valence-electron chi connectivity index (χ3n) is 3.44. The van der Waals surface area contributed by atoms with Gasteiger partial charge in [-0.15, -0.1) is 12.4 Å². The van der Waals surface area contributed by atoms with Gasteiger partial charge in [-0.1, -0.05) is 30.2 Å². The standard InChI is InChI=1S/C14H18ClNO2.ClH/c1-18-14(17)13(12-4-2-3-9-16-12)10-5-7-11(15)8-6-10;/h5-8,12-13,16H,2-4,9H2,1H3;1H/t12-,13-;/m1./s1. The van der Waals surface area contributed by atoms with E-state index in [4.69, 9.17) is 16.3 Å². The van der Waals surface area contributed by atoms with Crippen LogP contribution in [0.2, 0.25) is 5.02 Å². The molecule has 1 heterocycles. The average molecular weight is 304 g/mol. The number of ether oxygens (including phenoxy) is 1. The summed E-state index contributed by atoms with van der Waals surface area (Å²) in [5.74, 6) is -0.427. The molecule has 1 aromatic carbocycles. The summed E-state index contributed by atoms with van der Waals surface area (Å²) in [6.07, 6.45) is 3.33. The van der Waals surface area contributed by atoms with E-state index in [-0.39, 0.29) is 30.3 Å². The van der Waals surface area contributed by atoms with Gasteiger partial charge in [0.2, 0.25) is 0 Å². The maximum absolute atomic E-state index is 12.0. The molecular formula is C14H19Cl2NO2. The number of esters is 1. The highest BCUT2D eigenvalue weighted by atomic mass is 35.5. The molecule has 0 bridgehead atoms. The molecule has 1 N–H and O–H groups in total. The zero-order valence-electron chi connectivity index (χ0n) is 10.9. The summed E-state index contributed by atoms with van der Waals surface area (Å²) in [5.41, 5.74) is 0.964. The van der Waals surface area contributed by atoms with Gasteiger partial charge in [-0.25, -0.2) is 0 Å². The smallest absolute Gasteiger partial charge is 0.314 e. The fraction of sp³-hybridized carbons (Fsp3) is 0.500. The largest absolute Gasteiger partial charge is 0.469 e. The quantitative estimate of drug-likeness (QED) is 0.872. The van der Waals surface area contributed by atoms with Crippen LogP contribution in [0.15, 0.2) is 24.3 Å². The molecule has 0 spiro atoms. The van der Waals surface area contributed by atoms with E-state index in [9.17, 15) is 4.79 Å². The first-order chi connectivity index (χ1) is 8.72. The van der Waals surface area contributed by atoms with Crippen LogP contribution in [0.25, 0.3) is 0 Å². The van der Waals surface area contributed by atoms with Gasteiger partial charge in [-0.05, 0) is 37.1 Å². The normalized spacial score (nSPS) is 20.2. The highest BCUT2D eigenvalue weighted by Gasteiger charge is 2.31. The van der Waals surface area contributed by atoms with Crippen molar-refractivity contribution < 1.29 is 9.53 Å². The number of piperidine rings is 1. The van der Waals surface area contributed by atoms with Crippen LogP contribution in [0.5, 0.6) is 0 Å². The molecule has 1 aliphatic rings. The number of benzene rings is 1. The lowest BCUT2D eigenvalue weighted by molar-refractivity contribution is -0.143. The van der Waals surface area contributed by atoms with Crippen molar-refractivity contribution in [3.63, 3.8) is 0 Å². The molecule has 19 heavy (non-hydrogen) atoms. The first kappa shape index (κ1) is 16.3. The number of hydrogen-bond acceptors (Lipinski definition) is 3. The van der Waals surface area contributed by atoms with Crippen molar-refractivity contribution in [2.45, 2.75) is 31.2 Å². The van der Waals surface area contributed by atoms with Crippen molar-refractivity contribution in [2.24, 2.45) is 0 Å². The maximum Gasteiger partial charge on any atom is 0.314 e. The van der Waals surface area contributed by atoms with E-state index in [0.717, 1.165) is 24.9 Å². The Bertz CT molecular complexity index is 402. The lowest BCUT2D eigenvalue weighted by Gasteiger charge is -2.30. The maximum atomic E-state index is 12.0. The molecule has 1 aliphatic heterocycles. The Morgan fingerprint density at radius 1 is 1.37 bits per heavy atom. The van der Waals surface area contributed by atoms with Crippen molar-refractivity contribution in [3.8, 4) is 0 Å². The molecule has 0 amide bonds. The fourth-order valence-corrected chi connectivity index (χ4v) is 2.62. The van der Waals surface area contributed by atoms with Gasteiger partial charge in [0.1, 0.15) is 0 Å². The van der Waals surface area contributed by atoms with Gasteiger partial charge in [0, 0.05) is 11.1 Å². The number of rotatable bonds is 3. The minimum absolute atomic E-state index is 0. The van der Waals surface area contributed by atoms with Crippen molar-refractivity contribution >= 4 is 30.0 Å². The van der Waals surface area contributed by atoms with Gasteiger partial charge in [0.05, 0.1) is 13.0 Å². The second-order valence-electron chi connectivity index (χ2n) is 4.61. The minimum Gasteiger partial charge on any atom is -0.469 e. The highest BCUT2D eigenvalue weighted by molar-refractivity contribution is 6.30. The first-order valence-corrected chi connectivity index (χ1v) is 6.67. The SMILES string of the molecule is COC(=O)[C@H](c1ccc(Cl)cc1)[C@H]1CCCCN1.Cl. The molecule has 2 rings (SSSR count). The van der Waals surface area contributed by atoms with Gasteiger partial charge < -0.3 is 10.1 Å². The number of carbonyl (C=O) groups excluding carboxylic acids is 1. The van der Waals surface area contributed by atoms with Gasteiger partial charge in [-0.3, -0.25) is 4.79 Å². The molecule has 2 atom stereocenters. The first-order valence-electron chi connectivity index (χ1n) is 6.29. The summed E-state index contributed by atoms with van der Waals surface area (Å²) in [6.45, 7) is 0.964. The Hall–Kier alpha value is -0.770. The van der Waals surface area contributed by atoms with Crippen LogP contribution < -0.4 is 5.32 Å². The Morgan fingerprint density at radius 3 is 2.58 bits per heavy atom. The van der Waals surface area contributed by atoms with E-state index in [2.05, 4.69) is 5.32 Å². The van der Waals surface area contributed by atoms with Crippen molar-refractivity contribution in [1.29, 1.82) is 0 Å². The number of halogens is 2. The third-order valence-corrected chi connectivity index (χ3v) is 3.69. The van der Waals surface area contributed by atoms with Crippen LogP contribution in [-0.2, 0) is 9.53 Å². The average Bonchev–Trinajstić information content (AvgIpc) is 2.42. The zero-order chi connectivity index (χ0) is 13.0. The van der Waals surface area contributed by atoms with Crippen LogP contribution >= 0.6 is 24.0 Å². The summed E-state index contributed by atoms with van der Waals surface area (Å²) < 4.78 is 4.94. The van der Waals surface area contributed by atoms with E-state index >= 15 is 0 Å². The van der Waals surface area contributed by atoms with Gasteiger partial charge in [-0.2, -0.15) is 0 Å². The number of methoxy groups -OCH3 is 1. The van der Waals surface area contributed by atoms with E-state index in [1.54, 1.807) is 0 Å². The number of carbonyl (C=O) groups is 1. The van der Waals surface area contributed by atoms with Crippen LogP contribution in [0, 0.1) is 0 Å². The van der Waals surface area contributed by atoms with Crippen molar-refractivity contribution in [2.75, 3.05) is 13.7 Å². The number of nitrogens with one attached hydrogen (secondary N) is 1. The summed E-state index contributed by atoms with van der Waals surface area (Å²) in [7, 11) is 1.44. The van der Waals surface area contributed by atoms with Crippen LogP contribution in [0.1, 0.15) is 30.7 Å². The molecule has 0 aromatic heterocycles.